The van der Waals surface area contributed by atoms with Gasteiger partial charge in [-0.3, -0.25) is 0 Å². The van der Waals surface area contributed by atoms with Crippen LogP contribution < -0.4 is 3.58 Å². The molecule has 0 N–H and O–H groups in total. The maximum absolute atomic E-state index is 4.77. The van der Waals surface area contributed by atoms with Crippen molar-refractivity contribution in [3.63, 3.8) is 0 Å². The zero-order valence-electron chi connectivity index (χ0n) is 19.6. The fraction of sp³-hybridized carbons (Fsp3) is 0.414. The van der Waals surface area contributed by atoms with Crippen LogP contribution in [0.1, 0.15) is 59.3 Å². The monoisotopic (exact) mass is 519 g/mol. The Hall–Kier alpha value is -1.61. The number of benzene rings is 3. The van der Waals surface area contributed by atoms with Crippen molar-refractivity contribution >= 4 is 54.4 Å². The summed E-state index contributed by atoms with van der Waals surface area (Å²) in [5.74, 6) is 0. The van der Waals surface area contributed by atoms with E-state index in [0.29, 0.717) is 0 Å². The number of nitrogens with zero attached hydrogens (tertiary/aromatic N) is 1. The number of pyridine rings is 1. The Kier molecular flexibility index (Phi) is 7.53. The van der Waals surface area contributed by atoms with E-state index in [9.17, 15) is 0 Å². The molecule has 1 nitrogen and oxygen atoms in total. The zero-order valence-corrected chi connectivity index (χ0v) is 22.4. The first-order valence-corrected chi connectivity index (χ1v) is 19.9. The van der Waals surface area contributed by atoms with Crippen molar-refractivity contribution in [3.8, 4) is 0 Å². The van der Waals surface area contributed by atoms with Crippen molar-refractivity contribution in [1.29, 1.82) is 0 Å². The van der Waals surface area contributed by atoms with Crippen molar-refractivity contribution in [2.45, 2.75) is 72.6 Å². The minimum atomic E-state index is -2.59. The molecule has 0 unspecified atom stereocenters. The van der Waals surface area contributed by atoms with Crippen LogP contribution in [-0.4, -0.2) is 23.4 Å². The quantitative estimate of drug-likeness (QED) is 0.151. The number of para-hydroxylation sites is 1. The van der Waals surface area contributed by atoms with Gasteiger partial charge in [0.05, 0.1) is 0 Å². The molecule has 0 aliphatic rings. The van der Waals surface area contributed by atoms with Gasteiger partial charge in [-0.25, -0.2) is 0 Å². The van der Waals surface area contributed by atoms with Gasteiger partial charge in [-0.05, 0) is 0 Å². The van der Waals surface area contributed by atoms with Crippen LogP contribution in [0.3, 0.4) is 0 Å². The van der Waals surface area contributed by atoms with Crippen LogP contribution >= 0.6 is 0 Å². The fourth-order valence-corrected chi connectivity index (χ4v) is 22.3. The maximum atomic E-state index is 4.77. The standard InChI is InChI=1S/C17H10N.3C4H9.Sn/c1-2-6-14-12(5-1)9-10-13-11-18-16-8-4-3-7-15(16)17(13)14;3*1-3-4-2;/h1-5,7-11H;3*1,3-4H2,2H3;. The molecule has 0 bridgehead atoms. The Labute approximate surface area is 192 Å². The molecule has 4 aromatic rings. The predicted octanol–water partition coefficient (Wildman–Crippen LogP) is 8.60. The third-order valence-corrected chi connectivity index (χ3v) is 22.9. The first kappa shape index (κ1) is 22.6. The Bertz CT molecular complexity index is 1140. The van der Waals surface area contributed by atoms with Crippen LogP contribution in [0, 0.1) is 0 Å². The average Bonchev–Trinajstić information content (AvgIpc) is 2.83. The van der Waals surface area contributed by atoms with E-state index in [0.717, 1.165) is 5.52 Å². The summed E-state index contributed by atoms with van der Waals surface area (Å²) in [6.45, 7) is 7.11. The van der Waals surface area contributed by atoms with Crippen molar-refractivity contribution in [3.05, 3.63) is 60.8 Å². The summed E-state index contributed by atoms with van der Waals surface area (Å²) >= 11 is -2.59. The van der Waals surface area contributed by atoms with Crippen LogP contribution in [-0.2, 0) is 0 Å². The molecule has 0 fully saturated rings. The molecule has 31 heavy (non-hydrogen) atoms. The summed E-state index contributed by atoms with van der Waals surface area (Å²) in [5, 5.41) is 7.05. The number of hydrogen-bond acceptors (Lipinski definition) is 1. The molecular formula is C29H37NSn. The third-order valence-electron chi connectivity index (χ3n) is 7.19. The SMILES string of the molecule is CCC[CH2][Sn]([CH2]CCC)([CH2]CCC)[c]1cccc2ccc3cnc4ccccc4c3c12. The van der Waals surface area contributed by atoms with E-state index >= 15 is 0 Å². The summed E-state index contributed by atoms with van der Waals surface area (Å²) in [6, 6.07) is 20.6. The van der Waals surface area contributed by atoms with Gasteiger partial charge in [-0.2, -0.15) is 0 Å². The molecule has 4 rings (SSSR count). The van der Waals surface area contributed by atoms with E-state index < -0.39 is 18.4 Å². The Morgan fingerprint density at radius 3 is 1.97 bits per heavy atom. The van der Waals surface area contributed by atoms with E-state index in [1.54, 1.807) is 8.97 Å². The van der Waals surface area contributed by atoms with Gasteiger partial charge in [-0.1, -0.05) is 0 Å². The van der Waals surface area contributed by atoms with Crippen molar-refractivity contribution in [2.75, 3.05) is 0 Å². The molecule has 3 aromatic carbocycles. The summed E-state index contributed by atoms with van der Waals surface area (Å²) in [6.07, 6.45) is 10.2. The van der Waals surface area contributed by atoms with Gasteiger partial charge in [-0.15, -0.1) is 0 Å². The van der Waals surface area contributed by atoms with E-state index in [1.807, 2.05) is 0 Å². The molecule has 0 amide bonds. The molecule has 1 aromatic heterocycles. The third kappa shape index (κ3) is 4.49. The molecule has 1 heterocycles. The Morgan fingerprint density at radius 2 is 1.29 bits per heavy atom. The van der Waals surface area contributed by atoms with E-state index in [1.165, 1.54) is 73.4 Å². The molecule has 0 atom stereocenters. The molecular weight excluding hydrogens is 481 g/mol. The van der Waals surface area contributed by atoms with Gasteiger partial charge in [0.2, 0.25) is 0 Å². The Morgan fingerprint density at radius 1 is 0.645 bits per heavy atom. The second-order valence-corrected chi connectivity index (χ2v) is 22.4. The summed E-state index contributed by atoms with van der Waals surface area (Å²) in [4.78, 5) is 4.77. The van der Waals surface area contributed by atoms with E-state index in [4.69, 9.17) is 4.98 Å². The summed E-state index contributed by atoms with van der Waals surface area (Å²) in [5.41, 5.74) is 1.12. The topological polar surface area (TPSA) is 12.9 Å². The van der Waals surface area contributed by atoms with Gasteiger partial charge in [0, 0.05) is 0 Å². The number of fused-ring (bicyclic) bond motifs is 5. The fourth-order valence-electron chi connectivity index (χ4n) is 5.50. The number of unbranched alkanes of at least 4 members (excludes halogenated alkanes) is 3. The summed E-state index contributed by atoms with van der Waals surface area (Å²) in [7, 11) is 0. The van der Waals surface area contributed by atoms with Gasteiger partial charge < -0.3 is 0 Å². The molecule has 162 valence electrons. The molecule has 0 spiro atoms. The van der Waals surface area contributed by atoms with Crippen LogP contribution in [0.15, 0.2) is 60.8 Å². The Balaban J connectivity index is 2.07. The molecule has 0 aliphatic heterocycles. The molecule has 0 saturated heterocycles. The second kappa shape index (κ2) is 10.3. The first-order chi connectivity index (χ1) is 15.2. The second-order valence-electron chi connectivity index (χ2n) is 9.30. The molecule has 0 radical (unpaired) electrons. The predicted molar refractivity (Wildman–Crippen MR) is 141 cm³/mol. The molecule has 0 saturated carbocycles. The van der Waals surface area contributed by atoms with Gasteiger partial charge in [0.15, 0.2) is 0 Å². The zero-order chi connectivity index (χ0) is 21.7. The average molecular weight is 518 g/mol. The summed E-state index contributed by atoms with van der Waals surface area (Å²) < 4.78 is 6.31. The van der Waals surface area contributed by atoms with Crippen LogP contribution in [0.5, 0.6) is 0 Å². The number of rotatable bonds is 10. The van der Waals surface area contributed by atoms with Gasteiger partial charge in [0.1, 0.15) is 0 Å². The van der Waals surface area contributed by atoms with Crippen molar-refractivity contribution in [2.24, 2.45) is 0 Å². The van der Waals surface area contributed by atoms with Crippen LogP contribution in [0.4, 0.5) is 0 Å². The van der Waals surface area contributed by atoms with E-state index in [-0.39, 0.29) is 0 Å². The van der Waals surface area contributed by atoms with Crippen molar-refractivity contribution in [1.82, 2.24) is 4.98 Å². The van der Waals surface area contributed by atoms with E-state index in [2.05, 4.69) is 81.6 Å². The van der Waals surface area contributed by atoms with Crippen molar-refractivity contribution < 1.29 is 0 Å². The number of aromatic nitrogens is 1. The van der Waals surface area contributed by atoms with Gasteiger partial charge >= 0.3 is 193 Å². The first-order valence-electron chi connectivity index (χ1n) is 12.4. The minimum absolute atomic E-state index is 1.12. The normalized spacial score (nSPS) is 12.2. The van der Waals surface area contributed by atoms with Crippen LogP contribution in [0.2, 0.25) is 13.3 Å². The van der Waals surface area contributed by atoms with Crippen LogP contribution in [0.25, 0.3) is 32.4 Å². The van der Waals surface area contributed by atoms with Gasteiger partial charge in [0.25, 0.3) is 0 Å². The molecule has 2 heteroatoms. The number of hydrogen-bond donors (Lipinski definition) is 0. The molecule has 0 aliphatic carbocycles.